The van der Waals surface area contributed by atoms with Gasteiger partial charge in [-0.25, -0.2) is 0 Å². The molecule has 3 N–H and O–H groups in total. The minimum atomic E-state index is -0.732. The zero-order chi connectivity index (χ0) is 18.3. The summed E-state index contributed by atoms with van der Waals surface area (Å²) in [5, 5.41) is 4.18. The van der Waals surface area contributed by atoms with Gasteiger partial charge in [-0.1, -0.05) is 24.3 Å². The molecule has 2 aromatic carbocycles. The normalized spacial score (nSPS) is 11.0. The number of hydrogen-bond acceptors (Lipinski definition) is 3. The van der Waals surface area contributed by atoms with Gasteiger partial charge in [-0.2, -0.15) is 0 Å². The van der Waals surface area contributed by atoms with Crippen LogP contribution in [0, 0.1) is 6.92 Å². The highest BCUT2D eigenvalue weighted by Gasteiger charge is 2.20. The molecule has 6 heteroatoms. The molecule has 0 atom stereocenters. The number of aromatic nitrogens is 2. The maximum atomic E-state index is 12.5. The van der Waals surface area contributed by atoms with Crippen molar-refractivity contribution in [3.63, 3.8) is 0 Å². The number of hydrogen-bond donors (Lipinski definition) is 3. The van der Waals surface area contributed by atoms with Gasteiger partial charge in [0.15, 0.2) is 0 Å². The van der Waals surface area contributed by atoms with E-state index in [0.717, 1.165) is 16.5 Å². The Balaban J connectivity index is 1.64. The van der Waals surface area contributed by atoms with E-state index in [1.807, 2.05) is 25.1 Å². The highest BCUT2D eigenvalue weighted by molar-refractivity contribution is 6.48. The summed E-state index contributed by atoms with van der Waals surface area (Å²) >= 11 is 0. The number of ketones is 1. The average molecular weight is 345 g/mol. The van der Waals surface area contributed by atoms with E-state index in [1.54, 1.807) is 24.3 Å². The van der Waals surface area contributed by atoms with Crippen molar-refractivity contribution in [3.8, 4) is 0 Å². The number of para-hydroxylation sites is 1. The van der Waals surface area contributed by atoms with Gasteiger partial charge >= 0.3 is 0 Å². The average Bonchev–Trinajstić information content (AvgIpc) is 3.04. The number of H-pyrrole nitrogens is 2. The zero-order valence-corrected chi connectivity index (χ0v) is 13.9. The SMILES string of the molecule is Cc1cc(=O)[nH]c2cc(NC(=O)C(=O)c3c[nH]c4ccccc34)ccc12. The Morgan fingerprint density at radius 1 is 0.962 bits per heavy atom. The number of amides is 1. The first-order valence-corrected chi connectivity index (χ1v) is 8.08. The van der Waals surface area contributed by atoms with Crippen LogP contribution in [0.3, 0.4) is 0 Å². The van der Waals surface area contributed by atoms with Gasteiger partial charge in [0, 0.05) is 34.2 Å². The number of anilines is 1. The number of aromatic amines is 2. The van der Waals surface area contributed by atoms with Crippen LogP contribution in [0.4, 0.5) is 5.69 Å². The van der Waals surface area contributed by atoms with Gasteiger partial charge in [-0.3, -0.25) is 14.4 Å². The molecule has 0 radical (unpaired) electrons. The van der Waals surface area contributed by atoms with Crippen molar-refractivity contribution in [2.24, 2.45) is 0 Å². The first-order chi connectivity index (χ1) is 12.5. The molecule has 0 aliphatic heterocycles. The standard InChI is InChI=1S/C20H15N3O3/c1-11-8-18(24)23-17-9-12(6-7-13(11)17)22-20(26)19(25)15-10-21-16-5-3-2-4-14(15)16/h2-10,21H,1H3,(H,22,26)(H,23,24). The molecule has 0 aliphatic carbocycles. The lowest BCUT2D eigenvalue weighted by Crippen LogP contribution is -2.22. The molecule has 0 aliphatic rings. The highest BCUT2D eigenvalue weighted by Crippen LogP contribution is 2.21. The minimum absolute atomic E-state index is 0.214. The number of rotatable bonds is 3. The summed E-state index contributed by atoms with van der Waals surface area (Å²) in [5.41, 5.74) is 2.79. The van der Waals surface area contributed by atoms with Crippen molar-refractivity contribution >= 4 is 39.2 Å². The van der Waals surface area contributed by atoms with Gasteiger partial charge in [-0.05, 0) is 30.7 Å². The van der Waals surface area contributed by atoms with E-state index >= 15 is 0 Å². The van der Waals surface area contributed by atoms with Crippen LogP contribution >= 0.6 is 0 Å². The van der Waals surface area contributed by atoms with Crippen molar-refractivity contribution < 1.29 is 9.59 Å². The summed E-state index contributed by atoms with van der Waals surface area (Å²) in [6.45, 7) is 1.84. The molecule has 2 aromatic heterocycles. The molecule has 6 nitrogen and oxygen atoms in total. The van der Waals surface area contributed by atoms with Gasteiger partial charge in [0.05, 0.1) is 11.1 Å². The molecule has 0 bridgehead atoms. The second kappa shape index (κ2) is 6.00. The van der Waals surface area contributed by atoms with Crippen LogP contribution in [0.5, 0.6) is 0 Å². The number of nitrogens with one attached hydrogen (secondary N) is 3. The van der Waals surface area contributed by atoms with Gasteiger partial charge in [0.2, 0.25) is 5.56 Å². The van der Waals surface area contributed by atoms with Gasteiger partial charge in [0.1, 0.15) is 0 Å². The molecule has 0 spiro atoms. The number of carbonyl (C=O) groups excluding carboxylic acids is 2. The largest absolute Gasteiger partial charge is 0.360 e. The van der Waals surface area contributed by atoms with E-state index < -0.39 is 11.7 Å². The first kappa shape index (κ1) is 15.8. The third kappa shape index (κ3) is 2.67. The third-order valence-electron chi connectivity index (χ3n) is 4.35. The number of carbonyl (C=O) groups is 2. The maximum absolute atomic E-state index is 12.5. The number of benzene rings is 2. The van der Waals surface area contributed by atoms with Crippen molar-refractivity contribution in [2.75, 3.05) is 5.32 Å². The van der Waals surface area contributed by atoms with Crippen LogP contribution < -0.4 is 10.9 Å². The predicted octanol–water partition coefficient (Wildman–Crippen LogP) is 3.14. The maximum Gasteiger partial charge on any atom is 0.296 e. The molecular weight excluding hydrogens is 330 g/mol. The molecule has 4 rings (SSSR count). The van der Waals surface area contributed by atoms with E-state index in [0.29, 0.717) is 22.2 Å². The number of Topliss-reactive ketones (excluding diaryl/α,β-unsaturated/α-hetero) is 1. The van der Waals surface area contributed by atoms with Crippen molar-refractivity contribution in [1.29, 1.82) is 0 Å². The summed E-state index contributed by atoms with van der Waals surface area (Å²) in [6, 6.07) is 13.9. The summed E-state index contributed by atoms with van der Waals surface area (Å²) in [7, 11) is 0. The summed E-state index contributed by atoms with van der Waals surface area (Å²) < 4.78 is 0. The fraction of sp³-hybridized carbons (Fsp3) is 0.0500. The second-order valence-electron chi connectivity index (χ2n) is 6.11. The number of pyridine rings is 1. The lowest BCUT2D eigenvalue weighted by Gasteiger charge is -2.07. The van der Waals surface area contributed by atoms with Gasteiger partial charge < -0.3 is 15.3 Å². The Kier molecular flexibility index (Phi) is 3.65. The van der Waals surface area contributed by atoms with E-state index in [2.05, 4.69) is 15.3 Å². The molecule has 128 valence electrons. The lowest BCUT2D eigenvalue weighted by molar-refractivity contribution is -0.112. The van der Waals surface area contributed by atoms with Gasteiger partial charge in [-0.15, -0.1) is 0 Å². The fourth-order valence-electron chi connectivity index (χ4n) is 3.08. The smallest absolute Gasteiger partial charge is 0.296 e. The molecule has 0 saturated carbocycles. The topological polar surface area (TPSA) is 94.8 Å². The predicted molar refractivity (Wildman–Crippen MR) is 101 cm³/mol. The van der Waals surface area contributed by atoms with Crippen molar-refractivity contribution in [1.82, 2.24) is 9.97 Å². The Morgan fingerprint density at radius 3 is 2.62 bits per heavy atom. The van der Waals surface area contributed by atoms with Crippen LogP contribution in [-0.2, 0) is 4.79 Å². The van der Waals surface area contributed by atoms with Crippen LogP contribution in [0.15, 0.2) is 59.5 Å². The molecule has 1 amide bonds. The monoisotopic (exact) mass is 345 g/mol. The zero-order valence-electron chi connectivity index (χ0n) is 13.9. The highest BCUT2D eigenvalue weighted by atomic mass is 16.2. The van der Waals surface area contributed by atoms with Crippen molar-refractivity contribution in [3.05, 3.63) is 76.2 Å². The molecule has 2 heterocycles. The van der Waals surface area contributed by atoms with Crippen LogP contribution in [0.2, 0.25) is 0 Å². The Labute approximate surface area is 147 Å². The molecule has 26 heavy (non-hydrogen) atoms. The molecule has 0 saturated heterocycles. The van der Waals surface area contributed by atoms with E-state index in [-0.39, 0.29) is 5.56 Å². The first-order valence-electron chi connectivity index (χ1n) is 8.08. The van der Waals surface area contributed by atoms with Crippen LogP contribution in [-0.4, -0.2) is 21.7 Å². The summed E-state index contributed by atoms with van der Waals surface area (Å²) in [5.74, 6) is -1.36. The Morgan fingerprint density at radius 2 is 1.77 bits per heavy atom. The number of aryl methyl sites for hydroxylation is 1. The molecule has 4 aromatic rings. The summed E-state index contributed by atoms with van der Waals surface area (Å²) in [6.07, 6.45) is 1.54. The van der Waals surface area contributed by atoms with Crippen molar-refractivity contribution in [2.45, 2.75) is 6.92 Å². The quantitative estimate of drug-likeness (QED) is 0.393. The van der Waals surface area contributed by atoms with Crippen LogP contribution in [0.25, 0.3) is 21.8 Å². The third-order valence-corrected chi connectivity index (χ3v) is 4.35. The molecular formula is C20H15N3O3. The minimum Gasteiger partial charge on any atom is -0.360 e. The number of fused-ring (bicyclic) bond motifs is 2. The van der Waals surface area contributed by atoms with Crippen LogP contribution in [0.1, 0.15) is 15.9 Å². The van der Waals surface area contributed by atoms with E-state index in [1.165, 1.54) is 12.3 Å². The molecule has 0 fully saturated rings. The van der Waals surface area contributed by atoms with Gasteiger partial charge in [0.25, 0.3) is 11.7 Å². The second-order valence-corrected chi connectivity index (χ2v) is 6.11. The Hall–Kier alpha value is -3.67. The van der Waals surface area contributed by atoms with E-state index in [4.69, 9.17) is 0 Å². The van der Waals surface area contributed by atoms with E-state index in [9.17, 15) is 14.4 Å². The molecule has 0 unspecified atom stereocenters. The summed E-state index contributed by atoms with van der Waals surface area (Å²) in [4.78, 5) is 42.2. The Bertz CT molecular complexity index is 1230. The fourth-order valence-corrected chi connectivity index (χ4v) is 3.08. The lowest BCUT2D eigenvalue weighted by atomic mass is 10.1.